The van der Waals surface area contributed by atoms with Gasteiger partial charge in [-0.25, -0.2) is 0 Å². The second kappa shape index (κ2) is 6.36. The van der Waals surface area contributed by atoms with Gasteiger partial charge in [0.05, 0.1) is 0 Å². The lowest BCUT2D eigenvalue weighted by molar-refractivity contribution is -0.121. The summed E-state index contributed by atoms with van der Waals surface area (Å²) in [5.41, 5.74) is 2.44. The third kappa shape index (κ3) is 3.72. The molecule has 0 radical (unpaired) electrons. The van der Waals surface area contributed by atoms with Crippen LogP contribution in [-0.2, 0) is 11.3 Å². The fraction of sp³-hybridized carbons (Fsp3) is 0.615. The minimum absolute atomic E-state index is 0.154. The quantitative estimate of drug-likeness (QED) is 0.737. The van der Waals surface area contributed by atoms with Crippen LogP contribution in [0.5, 0.6) is 0 Å². The van der Waals surface area contributed by atoms with Crippen molar-refractivity contribution >= 4 is 5.91 Å². The number of rotatable bonds is 6. The molecule has 0 fully saturated rings. The summed E-state index contributed by atoms with van der Waals surface area (Å²) < 4.78 is 2.18. The van der Waals surface area contributed by atoms with Gasteiger partial charge in [0.2, 0.25) is 5.91 Å². The minimum Gasteiger partial charge on any atom is -0.356 e. The summed E-state index contributed by atoms with van der Waals surface area (Å²) >= 11 is 0. The number of aryl methyl sites for hydroxylation is 2. The first-order chi connectivity index (χ1) is 7.65. The predicted molar refractivity (Wildman–Crippen MR) is 66.4 cm³/mol. The van der Waals surface area contributed by atoms with Crippen molar-refractivity contribution in [2.45, 2.75) is 46.6 Å². The SMILES string of the molecule is CCCCNC(=O)CCn1c(C)ccc1C. The number of unbranched alkanes of at least 4 members (excludes halogenated alkanes) is 1. The number of hydrogen-bond acceptors (Lipinski definition) is 1. The van der Waals surface area contributed by atoms with Crippen molar-refractivity contribution in [2.24, 2.45) is 0 Å². The Labute approximate surface area is 97.8 Å². The molecule has 0 aromatic carbocycles. The molecule has 16 heavy (non-hydrogen) atoms. The fourth-order valence-electron chi connectivity index (χ4n) is 1.76. The maximum absolute atomic E-state index is 11.5. The van der Waals surface area contributed by atoms with E-state index in [0.717, 1.165) is 25.9 Å². The van der Waals surface area contributed by atoms with E-state index in [4.69, 9.17) is 0 Å². The molecule has 0 saturated carbocycles. The van der Waals surface area contributed by atoms with Gasteiger partial charge < -0.3 is 9.88 Å². The molecule has 0 aliphatic heterocycles. The first kappa shape index (κ1) is 12.8. The van der Waals surface area contributed by atoms with Crippen LogP contribution in [0.4, 0.5) is 0 Å². The number of amides is 1. The largest absolute Gasteiger partial charge is 0.356 e. The van der Waals surface area contributed by atoms with Gasteiger partial charge in [0.15, 0.2) is 0 Å². The smallest absolute Gasteiger partial charge is 0.221 e. The van der Waals surface area contributed by atoms with Gasteiger partial charge in [0, 0.05) is 30.9 Å². The van der Waals surface area contributed by atoms with Crippen LogP contribution in [0.25, 0.3) is 0 Å². The molecule has 0 saturated heterocycles. The topological polar surface area (TPSA) is 34.0 Å². The van der Waals surface area contributed by atoms with Gasteiger partial charge in [-0.05, 0) is 32.4 Å². The zero-order chi connectivity index (χ0) is 12.0. The number of carbonyl (C=O) groups excluding carboxylic acids is 1. The van der Waals surface area contributed by atoms with Crippen LogP contribution in [0, 0.1) is 13.8 Å². The molecule has 90 valence electrons. The summed E-state index contributed by atoms with van der Waals surface area (Å²) in [4.78, 5) is 11.5. The van der Waals surface area contributed by atoms with Crippen LogP contribution in [0.3, 0.4) is 0 Å². The van der Waals surface area contributed by atoms with E-state index in [9.17, 15) is 4.79 Å². The number of aromatic nitrogens is 1. The molecule has 0 bridgehead atoms. The number of carbonyl (C=O) groups is 1. The van der Waals surface area contributed by atoms with Crippen molar-refractivity contribution in [3.05, 3.63) is 23.5 Å². The highest BCUT2D eigenvalue weighted by Crippen LogP contribution is 2.07. The third-order valence-electron chi connectivity index (χ3n) is 2.83. The second-order valence-corrected chi connectivity index (χ2v) is 4.22. The molecular formula is C13H22N2O. The highest BCUT2D eigenvalue weighted by molar-refractivity contribution is 5.75. The van der Waals surface area contributed by atoms with Crippen LogP contribution in [0.1, 0.15) is 37.6 Å². The Hall–Kier alpha value is -1.25. The molecule has 1 aromatic heterocycles. The molecule has 0 atom stereocenters. The summed E-state index contributed by atoms with van der Waals surface area (Å²) in [6.45, 7) is 7.85. The molecule has 0 aliphatic carbocycles. The summed E-state index contributed by atoms with van der Waals surface area (Å²) in [6.07, 6.45) is 2.75. The Morgan fingerprint density at radius 3 is 2.50 bits per heavy atom. The maximum atomic E-state index is 11.5. The van der Waals surface area contributed by atoms with E-state index in [1.165, 1.54) is 11.4 Å². The Balaban J connectivity index is 2.32. The molecule has 0 aliphatic rings. The molecule has 1 amide bonds. The monoisotopic (exact) mass is 222 g/mol. The molecule has 1 heterocycles. The van der Waals surface area contributed by atoms with Gasteiger partial charge in [-0.3, -0.25) is 4.79 Å². The summed E-state index contributed by atoms with van der Waals surface area (Å²) in [5, 5.41) is 2.93. The molecular weight excluding hydrogens is 200 g/mol. The standard InChI is InChI=1S/C13H22N2O/c1-4-5-9-14-13(16)8-10-15-11(2)6-7-12(15)3/h6-7H,4-5,8-10H2,1-3H3,(H,14,16). The lowest BCUT2D eigenvalue weighted by Gasteiger charge is -2.09. The van der Waals surface area contributed by atoms with E-state index in [1.54, 1.807) is 0 Å². The molecule has 1 N–H and O–H groups in total. The van der Waals surface area contributed by atoms with Crippen LogP contribution in [-0.4, -0.2) is 17.0 Å². The zero-order valence-corrected chi connectivity index (χ0v) is 10.5. The highest BCUT2D eigenvalue weighted by Gasteiger charge is 2.04. The van der Waals surface area contributed by atoms with E-state index in [-0.39, 0.29) is 5.91 Å². The molecule has 0 unspecified atom stereocenters. The number of nitrogens with zero attached hydrogens (tertiary/aromatic N) is 1. The van der Waals surface area contributed by atoms with E-state index < -0.39 is 0 Å². The Morgan fingerprint density at radius 2 is 1.94 bits per heavy atom. The van der Waals surface area contributed by atoms with E-state index in [0.29, 0.717) is 6.42 Å². The normalized spacial score (nSPS) is 10.4. The molecule has 3 heteroatoms. The van der Waals surface area contributed by atoms with Gasteiger partial charge in [0.1, 0.15) is 0 Å². The van der Waals surface area contributed by atoms with E-state index >= 15 is 0 Å². The summed E-state index contributed by atoms with van der Waals surface area (Å²) in [6, 6.07) is 4.18. The lowest BCUT2D eigenvalue weighted by Crippen LogP contribution is -2.25. The predicted octanol–water partition coefficient (Wildman–Crippen LogP) is 2.41. The van der Waals surface area contributed by atoms with Gasteiger partial charge in [-0.15, -0.1) is 0 Å². The Kier molecular flexibility index (Phi) is 5.09. The van der Waals surface area contributed by atoms with Crippen molar-refractivity contribution in [3.8, 4) is 0 Å². The van der Waals surface area contributed by atoms with Crippen LogP contribution < -0.4 is 5.32 Å². The average molecular weight is 222 g/mol. The number of nitrogens with one attached hydrogen (secondary N) is 1. The van der Waals surface area contributed by atoms with Gasteiger partial charge in [0.25, 0.3) is 0 Å². The van der Waals surface area contributed by atoms with Crippen molar-refractivity contribution in [1.82, 2.24) is 9.88 Å². The lowest BCUT2D eigenvalue weighted by atomic mass is 10.3. The van der Waals surface area contributed by atoms with E-state index in [2.05, 4.69) is 42.8 Å². The Bertz CT molecular complexity index is 322. The van der Waals surface area contributed by atoms with Crippen molar-refractivity contribution < 1.29 is 4.79 Å². The molecule has 1 rings (SSSR count). The van der Waals surface area contributed by atoms with Crippen molar-refractivity contribution in [1.29, 1.82) is 0 Å². The first-order valence-corrected chi connectivity index (χ1v) is 6.04. The summed E-state index contributed by atoms with van der Waals surface area (Å²) in [5.74, 6) is 0.154. The third-order valence-corrected chi connectivity index (χ3v) is 2.83. The Morgan fingerprint density at radius 1 is 1.31 bits per heavy atom. The van der Waals surface area contributed by atoms with Crippen LogP contribution in [0.2, 0.25) is 0 Å². The van der Waals surface area contributed by atoms with Gasteiger partial charge >= 0.3 is 0 Å². The van der Waals surface area contributed by atoms with E-state index in [1.807, 2.05) is 0 Å². The number of hydrogen-bond donors (Lipinski definition) is 1. The maximum Gasteiger partial charge on any atom is 0.221 e. The van der Waals surface area contributed by atoms with Gasteiger partial charge in [-0.2, -0.15) is 0 Å². The highest BCUT2D eigenvalue weighted by atomic mass is 16.1. The van der Waals surface area contributed by atoms with Gasteiger partial charge in [-0.1, -0.05) is 13.3 Å². The zero-order valence-electron chi connectivity index (χ0n) is 10.5. The fourth-order valence-corrected chi connectivity index (χ4v) is 1.76. The van der Waals surface area contributed by atoms with Crippen LogP contribution in [0.15, 0.2) is 12.1 Å². The average Bonchev–Trinajstić information content (AvgIpc) is 2.57. The molecule has 0 spiro atoms. The molecule has 3 nitrogen and oxygen atoms in total. The van der Waals surface area contributed by atoms with Crippen LogP contribution >= 0.6 is 0 Å². The second-order valence-electron chi connectivity index (χ2n) is 4.22. The van der Waals surface area contributed by atoms with Crippen molar-refractivity contribution in [2.75, 3.05) is 6.54 Å². The van der Waals surface area contributed by atoms with Crippen molar-refractivity contribution in [3.63, 3.8) is 0 Å². The minimum atomic E-state index is 0.154. The molecule has 1 aromatic rings. The summed E-state index contributed by atoms with van der Waals surface area (Å²) in [7, 11) is 0. The first-order valence-electron chi connectivity index (χ1n) is 6.04.